The molecular formula is C13H29N3O. The molecule has 1 unspecified atom stereocenters. The van der Waals surface area contributed by atoms with Crippen molar-refractivity contribution < 1.29 is 5.11 Å². The van der Waals surface area contributed by atoms with Crippen molar-refractivity contribution in [2.45, 2.75) is 38.3 Å². The van der Waals surface area contributed by atoms with Crippen LogP contribution < -0.4 is 5.32 Å². The van der Waals surface area contributed by atoms with Gasteiger partial charge in [0, 0.05) is 19.1 Å². The minimum Gasteiger partial charge on any atom is -0.390 e. The average Bonchev–Trinajstić information content (AvgIpc) is 2.30. The highest BCUT2D eigenvalue weighted by Gasteiger charge is 2.21. The second-order valence-electron chi connectivity index (χ2n) is 5.35. The van der Waals surface area contributed by atoms with Crippen LogP contribution in [0.1, 0.15) is 26.2 Å². The van der Waals surface area contributed by atoms with Crippen LogP contribution in [0.15, 0.2) is 0 Å². The minimum atomic E-state index is -0.225. The second kappa shape index (κ2) is 8.03. The van der Waals surface area contributed by atoms with Gasteiger partial charge >= 0.3 is 0 Å². The van der Waals surface area contributed by atoms with E-state index in [2.05, 4.69) is 36.1 Å². The number of nitrogens with one attached hydrogen (secondary N) is 1. The maximum absolute atomic E-state index is 9.89. The summed E-state index contributed by atoms with van der Waals surface area (Å²) in [7, 11) is 4.31. The van der Waals surface area contributed by atoms with E-state index in [0.717, 1.165) is 45.2 Å². The molecule has 102 valence electrons. The zero-order chi connectivity index (χ0) is 12.7. The van der Waals surface area contributed by atoms with Crippen LogP contribution in [-0.4, -0.2) is 73.9 Å². The fourth-order valence-corrected chi connectivity index (χ4v) is 2.43. The second-order valence-corrected chi connectivity index (χ2v) is 5.35. The Labute approximate surface area is 106 Å². The van der Waals surface area contributed by atoms with E-state index >= 15 is 0 Å². The highest BCUT2D eigenvalue weighted by atomic mass is 16.3. The number of likely N-dealkylation sites (tertiary alicyclic amines) is 1. The van der Waals surface area contributed by atoms with Crippen molar-refractivity contribution in [2.75, 3.05) is 46.8 Å². The molecule has 0 saturated carbocycles. The van der Waals surface area contributed by atoms with Gasteiger partial charge in [-0.15, -0.1) is 0 Å². The zero-order valence-corrected chi connectivity index (χ0v) is 11.7. The first kappa shape index (κ1) is 14.9. The van der Waals surface area contributed by atoms with E-state index < -0.39 is 0 Å². The van der Waals surface area contributed by atoms with Gasteiger partial charge in [-0.25, -0.2) is 0 Å². The Balaban J connectivity index is 2.12. The molecule has 1 heterocycles. The van der Waals surface area contributed by atoms with Crippen molar-refractivity contribution in [3.05, 3.63) is 0 Å². The van der Waals surface area contributed by atoms with Crippen molar-refractivity contribution in [3.63, 3.8) is 0 Å². The van der Waals surface area contributed by atoms with E-state index in [1.54, 1.807) is 0 Å². The summed E-state index contributed by atoms with van der Waals surface area (Å²) in [6.07, 6.45) is 3.35. The normalized spacial score (nSPS) is 21.0. The molecule has 0 aromatic rings. The van der Waals surface area contributed by atoms with E-state index in [0.29, 0.717) is 0 Å². The smallest absolute Gasteiger partial charge is 0.0791 e. The molecule has 4 nitrogen and oxygen atoms in total. The lowest BCUT2D eigenvalue weighted by Gasteiger charge is -2.36. The Hall–Kier alpha value is -0.160. The van der Waals surface area contributed by atoms with E-state index in [9.17, 15) is 5.11 Å². The maximum Gasteiger partial charge on any atom is 0.0791 e. The molecule has 0 aromatic carbocycles. The first-order valence-corrected chi connectivity index (χ1v) is 6.91. The molecule has 0 aliphatic carbocycles. The summed E-state index contributed by atoms with van der Waals surface area (Å²) in [4.78, 5) is 4.70. The molecule has 1 fully saturated rings. The molecule has 1 saturated heterocycles. The lowest BCUT2D eigenvalue weighted by molar-refractivity contribution is 0.0797. The maximum atomic E-state index is 9.89. The van der Waals surface area contributed by atoms with Crippen LogP contribution in [-0.2, 0) is 0 Å². The summed E-state index contributed by atoms with van der Waals surface area (Å²) < 4.78 is 0. The molecule has 0 bridgehead atoms. The zero-order valence-electron chi connectivity index (χ0n) is 11.7. The molecular weight excluding hydrogens is 214 g/mol. The molecule has 0 radical (unpaired) electrons. The number of hydrogen-bond donors (Lipinski definition) is 2. The van der Waals surface area contributed by atoms with Crippen molar-refractivity contribution in [1.82, 2.24) is 15.1 Å². The Morgan fingerprint density at radius 1 is 1.35 bits per heavy atom. The van der Waals surface area contributed by atoms with Gasteiger partial charge in [-0.05, 0) is 53.0 Å². The quantitative estimate of drug-likeness (QED) is 0.634. The predicted molar refractivity (Wildman–Crippen MR) is 72.3 cm³/mol. The van der Waals surface area contributed by atoms with Crippen LogP contribution >= 0.6 is 0 Å². The number of hydrogen-bond acceptors (Lipinski definition) is 4. The highest BCUT2D eigenvalue weighted by Crippen LogP contribution is 2.14. The third kappa shape index (κ3) is 5.82. The average molecular weight is 243 g/mol. The molecule has 2 N–H and O–H groups in total. The first-order valence-electron chi connectivity index (χ1n) is 6.91. The Morgan fingerprint density at radius 3 is 2.53 bits per heavy atom. The van der Waals surface area contributed by atoms with Gasteiger partial charge in [0.05, 0.1) is 6.10 Å². The number of aliphatic hydroxyl groups excluding tert-OH is 1. The topological polar surface area (TPSA) is 38.7 Å². The van der Waals surface area contributed by atoms with Gasteiger partial charge in [-0.2, -0.15) is 0 Å². The number of nitrogens with zero attached hydrogens (tertiary/aromatic N) is 2. The lowest BCUT2D eigenvalue weighted by atomic mass is 10.0. The molecule has 1 aliphatic rings. The van der Waals surface area contributed by atoms with Gasteiger partial charge in [0.1, 0.15) is 0 Å². The van der Waals surface area contributed by atoms with E-state index in [-0.39, 0.29) is 6.10 Å². The summed E-state index contributed by atoms with van der Waals surface area (Å²) in [5.74, 6) is 0. The molecule has 0 aromatic heterocycles. The fourth-order valence-electron chi connectivity index (χ4n) is 2.43. The summed E-state index contributed by atoms with van der Waals surface area (Å²) >= 11 is 0. The Bertz CT molecular complexity index is 191. The predicted octanol–water partition coefficient (Wildman–Crippen LogP) is 0.373. The monoisotopic (exact) mass is 243 g/mol. The summed E-state index contributed by atoms with van der Waals surface area (Å²) in [6, 6.07) is 0.724. The van der Waals surface area contributed by atoms with Crippen molar-refractivity contribution in [1.29, 1.82) is 0 Å². The fraction of sp³-hybridized carbons (Fsp3) is 1.00. The van der Waals surface area contributed by atoms with E-state index in [4.69, 9.17) is 0 Å². The van der Waals surface area contributed by atoms with Gasteiger partial charge in [0.15, 0.2) is 0 Å². The number of aliphatic hydroxyl groups is 1. The van der Waals surface area contributed by atoms with Crippen molar-refractivity contribution >= 4 is 0 Å². The van der Waals surface area contributed by atoms with Crippen LogP contribution in [0.4, 0.5) is 0 Å². The molecule has 1 aliphatic heterocycles. The standard InChI is InChI=1S/C13H29N3O/c1-4-7-14-10-13(17)11-16-8-5-12(6-9-16)15(2)3/h12-14,17H,4-11H2,1-3H3. The van der Waals surface area contributed by atoms with Crippen LogP contribution in [0, 0.1) is 0 Å². The third-order valence-electron chi connectivity index (χ3n) is 3.56. The van der Waals surface area contributed by atoms with Crippen LogP contribution in [0.3, 0.4) is 0 Å². The van der Waals surface area contributed by atoms with Crippen LogP contribution in [0.2, 0.25) is 0 Å². The summed E-state index contributed by atoms with van der Waals surface area (Å²) in [6.45, 7) is 6.92. The molecule has 0 spiro atoms. The van der Waals surface area contributed by atoms with E-state index in [1.807, 2.05) is 0 Å². The lowest BCUT2D eigenvalue weighted by Crippen LogP contribution is -2.46. The highest BCUT2D eigenvalue weighted by molar-refractivity contribution is 4.78. The molecule has 17 heavy (non-hydrogen) atoms. The largest absolute Gasteiger partial charge is 0.390 e. The SMILES string of the molecule is CCCNCC(O)CN1CCC(N(C)C)CC1. The van der Waals surface area contributed by atoms with Crippen LogP contribution in [0.25, 0.3) is 0 Å². The Kier molecular flexibility index (Phi) is 7.04. The first-order chi connectivity index (χ1) is 8.13. The number of β-amino-alcohol motifs (C(OH)–C–C–N with tert-alkyl or cyclic N) is 1. The van der Waals surface area contributed by atoms with Gasteiger partial charge in [0.2, 0.25) is 0 Å². The molecule has 1 atom stereocenters. The molecule has 1 rings (SSSR count). The van der Waals surface area contributed by atoms with Crippen molar-refractivity contribution in [3.8, 4) is 0 Å². The van der Waals surface area contributed by atoms with Crippen LogP contribution in [0.5, 0.6) is 0 Å². The van der Waals surface area contributed by atoms with Gasteiger partial charge < -0.3 is 20.2 Å². The molecule has 4 heteroatoms. The van der Waals surface area contributed by atoms with Gasteiger partial charge in [0.25, 0.3) is 0 Å². The van der Waals surface area contributed by atoms with Gasteiger partial charge in [-0.3, -0.25) is 0 Å². The van der Waals surface area contributed by atoms with Crippen molar-refractivity contribution in [2.24, 2.45) is 0 Å². The third-order valence-corrected chi connectivity index (χ3v) is 3.56. The molecule has 0 amide bonds. The number of piperidine rings is 1. The Morgan fingerprint density at radius 2 is 2.00 bits per heavy atom. The summed E-state index contributed by atoms with van der Waals surface area (Å²) in [5, 5.41) is 13.2. The van der Waals surface area contributed by atoms with Gasteiger partial charge in [-0.1, -0.05) is 6.92 Å². The number of rotatable bonds is 7. The summed E-state index contributed by atoms with van der Waals surface area (Å²) in [5.41, 5.74) is 0. The minimum absolute atomic E-state index is 0.225. The van der Waals surface area contributed by atoms with E-state index in [1.165, 1.54) is 12.8 Å².